The largest absolute Gasteiger partial charge is 0.343 e. The van der Waals surface area contributed by atoms with Gasteiger partial charge in [-0.1, -0.05) is 19.1 Å². The van der Waals surface area contributed by atoms with Crippen molar-refractivity contribution in [2.24, 2.45) is 0 Å². The Bertz CT molecular complexity index is 1020. The second-order valence-electron chi connectivity index (χ2n) is 8.31. The van der Waals surface area contributed by atoms with E-state index in [1.807, 2.05) is 44.2 Å². The quantitative estimate of drug-likeness (QED) is 0.468. The Balaban J connectivity index is 2.04. The van der Waals surface area contributed by atoms with E-state index in [-0.39, 0.29) is 16.2 Å². The molecule has 1 N–H and O–H groups in total. The van der Waals surface area contributed by atoms with Gasteiger partial charge >= 0.3 is 0 Å². The van der Waals surface area contributed by atoms with Crippen LogP contribution in [0.5, 0.6) is 0 Å². The lowest BCUT2D eigenvalue weighted by molar-refractivity contribution is -0.122. The lowest BCUT2D eigenvalue weighted by Gasteiger charge is -2.29. The van der Waals surface area contributed by atoms with E-state index in [1.54, 1.807) is 6.08 Å². The van der Waals surface area contributed by atoms with Gasteiger partial charge in [-0.2, -0.15) is 0 Å². The van der Waals surface area contributed by atoms with Crippen LogP contribution >= 0.6 is 12.2 Å². The molecule has 0 spiro atoms. The lowest BCUT2D eigenvalue weighted by Crippen LogP contribution is -2.54. The highest BCUT2D eigenvalue weighted by atomic mass is 32.1. The lowest BCUT2D eigenvalue weighted by atomic mass is 10.1. The summed E-state index contributed by atoms with van der Waals surface area (Å²) in [6.07, 6.45) is 2.57. The molecule has 1 aromatic carbocycles. The Labute approximate surface area is 177 Å². The molecule has 0 radical (unpaired) electrons. The molecule has 152 valence electrons. The summed E-state index contributed by atoms with van der Waals surface area (Å²) in [5.41, 5.74) is 4.72. The van der Waals surface area contributed by atoms with Crippen molar-refractivity contribution in [3.05, 3.63) is 58.4 Å². The summed E-state index contributed by atoms with van der Waals surface area (Å²) in [6, 6.07) is 9.62. The maximum atomic E-state index is 13.2. The number of carbonyl (C=O) groups excluding carboxylic acids is 2. The molecule has 3 rings (SSSR count). The Morgan fingerprint density at radius 1 is 1.10 bits per heavy atom. The van der Waals surface area contributed by atoms with E-state index in [1.165, 1.54) is 10.5 Å². The Morgan fingerprint density at radius 3 is 2.24 bits per heavy atom. The van der Waals surface area contributed by atoms with Crippen LogP contribution in [-0.4, -0.2) is 21.5 Å². The maximum Gasteiger partial charge on any atom is 0.270 e. The number of amides is 2. The number of hydrogen-bond donors (Lipinski definition) is 1. The Hall–Kier alpha value is -2.73. The zero-order valence-corrected chi connectivity index (χ0v) is 18.6. The molecule has 1 fully saturated rings. The number of nitrogens with zero attached hydrogens (tertiary/aromatic N) is 2. The van der Waals surface area contributed by atoms with Crippen molar-refractivity contribution in [1.29, 1.82) is 0 Å². The molecule has 1 aliphatic heterocycles. The molecule has 2 heterocycles. The fraction of sp³-hybridized carbons (Fsp3) is 0.348. The summed E-state index contributed by atoms with van der Waals surface area (Å²) >= 11 is 5.28. The normalized spacial score (nSPS) is 16.6. The predicted octanol–water partition coefficient (Wildman–Crippen LogP) is 4.25. The molecular formula is C23H27N3O2S. The zero-order chi connectivity index (χ0) is 21.5. The zero-order valence-electron chi connectivity index (χ0n) is 17.8. The van der Waals surface area contributed by atoms with Gasteiger partial charge in [-0.15, -0.1) is 0 Å². The molecule has 0 atom stereocenters. The maximum absolute atomic E-state index is 13.2. The van der Waals surface area contributed by atoms with E-state index >= 15 is 0 Å². The van der Waals surface area contributed by atoms with Crippen LogP contribution in [0.25, 0.3) is 6.08 Å². The van der Waals surface area contributed by atoms with Crippen molar-refractivity contribution in [2.45, 2.75) is 53.5 Å². The van der Waals surface area contributed by atoms with Gasteiger partial charge in [-0.25, -0.2) is 0 Å². The minimum Gasteiger partial charge on any atom is -0.343 e. The summed E-state index contributed by atoms with van der Waals surface area (Å²) in [7, 11) is 0. The van der Waals surface area contributed by atoms with Crippen LogP contribution in [-0.2, 0) is 21.5 Å². The van der Waals surface area contributed by atoms with E-state index in [2.05, 4.69) is 37.6 Å². The fourth-order valence-electron chi connectivity index (χ4n) is 3.89. The summed E-state index contributed by atoms with van der Waals surface area (Å²) in [6.45, 7) is 12.5. The van der Waals surface area contributed by atoms with Gasteiger partial charge in [-0.05, 0) is 88.7 Å². The second-order valence-corrected chi connectivity index (χ2v) is 8.70. The Kier molecular flexibility index (Phi) is 5.50. The monoisotopic (exact) mass is 409 g/mol. The van der Waals surface area contributed by atoms with Crippen molar-refractivity contribution in [2.75, 3.05) is 4.90 Å². The predicted molar refractivity (Wildman–Crippen MR) is 121 cm³/mol. The first-order chi connectivity index (χ1) is 13.5. The minimum absolute atomic E-state index is 0.0762. The number of aryl methyl sites for hydroxylation is 2. The van der Waals surface area contributed by atoms with Gasteiger partial charge < -0.3 is 4.57 Å². The molecule has 0 aliphatic carbocycles. The molecule has 2 amide bonds. The van der Waals surface area contributed by atoms with Crippen LogP contribution in [0.15, 0.2) is 35.9 Å². The van der Waals surface area contributed by atoms with Gasteiger partial charge in [0.25, 0.3) is 11.8 Å². The molecule has 2 aromatic rings. The van der Waals surface area contributed by atoms with Gasteiger partial charge in [0.05, 0.1) is 5.69 Å². The van der Waals surface area contributed by atoms with Gasteiger partial charge in [0.2, 0.25) is 0 Å². The van der Waals surface area contributed by atoms with E-state index < -0.39 is 11.8 Å². The molecule has 0 bridgehead atoms. The SMILES string of the molecule is CCc1ccc(N2C(=O)/C(=C/c3cc(C)n(C(C)(C)C)c3C)C(=O)NC2=S)cc1. The number of nitrogens with one attached hydrogen (secondary N) is 1. The number of hydrogen-bond acceptors (Lipinski definition) is 3. The van der Waals surface area contributed by atoms with E-state index in [0.29, 0.717) is 5.69 Å². The average Bonchev–Trinajstić information content (AvgIpc) is 2.92. The molecule has 1 aliphatic rings. The third kappa shape index (κ3) is 3.90. The van der Waals surface area contributed by atoms with Gasteiger partial charge in [-0.3, -0.25) is 19.8 Å². The smallest absolute Gasteiger partial charge is 0.270 e. The number of aromatic nitrogens is 1. The van der Waals surface area contributed by atoms with E-state index in [4.69, 9.17) is 12.2 Å². The number of rotatable bonds is 3. The second kappa shape index (κ2) is 7.59. The molecule has 1 aromatic heterocycles. The minimum atomic E-state index is -0.470. The fourth-order valence-corrected chi connectivity index (χ4v) is 4.18. The summed E-state index contributed by atoms with van der Waals surface area (Å²) in [5, 5.41) is 2.75. The molecule has 29 heavy (non-hydrogen) atoms. The summed E-state index contributed by atoms with van der Waals surface area (Å²) in [4.78, 5) is 27.2. The molecule has 5 nitrogen and oxygen atoms in total. The molecule has 0 saturated carbocycles. The van der Waals surface area contributed by atoms with Gasteiger partial charge in [0.1, 0.15) is 5.57 Å². The molecule has 1 saturated heterocycles. The van der Waals surface area contributed by atoms with Crippen molar-refractivity contribution in [3.8, 4) is 0 Å². The van der Waals surface area contributed by atoms with Crippen molar-refractivity contribution in [3.63, 3.8) is 0 Å². The first kappa shape index (κ1) is 21.0. The van der Waals surface area contributed by atoms with Crippen molar-refractivity contribution in [1.82, 2.24) is 9.88 Å². The van der Waals surface area contributed by atoms with Crippen LogP contribution in [0.1, 0.15) is 50.2 Å². The summed E-state index contributed by atoms with van der Waals surface area (Å²) < 4.78 is 2.20. The number of anilines is 1. The van der Waals surface area contributed by atoms with E-state index in [0.717, 1.165) is 23.4 Å². The van der Waals surface area contributed by atoms with Crippen molar-refractivity contribution >= 4 is 40.9 Å². The number of carbonyl (C=O) groups is 2. The standard InChI is InChI=1S/C23H27N3O2S/c1-7-16-8-10-18(11-9-16)25-21(28)19(20(27)24-22(25)29)13-17-12-14(2)26(15(17)3)23(4,5)6/h8-13H,7H2,1-6H3,(H,24,27,29)/b19-13+. The first-order valence-corrected chi connectivity index (χ1v) is 10.1. The van der Waals surface area contributed by atoms with Crippen LogP contribution in [0.4, 0.5) is 5.69 Å². The third-order valence-electron chi connectivity index (χ3n) is 5.15. The third-order valence-corrected chi connectivity index (χ3v) is 5.43. The average molecular weight is 410 g/mol. The number of thiocarbonyl (C=S) groups is 1. The number of benzene rings is 1. The summed E-state index contributed by atoms with van der Waals surface area (Å²) in [5.74, 6) is -0.884. The molecule has 0 unspecified atom stereocenters. The first-order valence-electron chi connectivity index (χ1n) is 9.74. The molecular weight excluding hydrogens is 382 g/mol. The highest BCUT2D eigenvalue weighted by Crippen LogP contribution is 2.28. The van der Waals surface area contributed by atoms with Crippen molar-refractivity contribution < 1.29 is 9.59 Å². The van der Waals surface area contributed by atoms with Crippen LogP contribution < -0.4 is 10.2 Å². The van der Waals surface area contributed by atoms with Gasteiger partial charge in [0.15, 0.2) is 5.11 Å². The van der Waals surface area contributed by atoms with Gasteiger partial charge in [0, 0.05) is 16.9 Å². The Morgan fingerprint density at radius 2 is 1.72 bits per heavy atom. The molecule has 6 heteroatoms. The topological polar surface area (TPSA) is 54.3 Å². The highest BCUT2D eigenvalue weighted by molar-refractivity contribution is 7.80. The van der Waals surface area contributed by atoms with Crippen LogP contribution in [0.2, 0.25) is 0 Å². The highest BCUT2D eigenvalue weighted by Gasteiger charge is 2.34. The van der Waals surface area contributed by atoms with Crippen LogP contribution in [0, 0.1) is 13.8 Å². The van der Waals surface area contributed by atoms with E-state index in [9.17, 15) is 9.59 Å². The van der Waals surface area contributed by atoms with Crippen LogP contribution in [0.3, 0.4) is 0 Å².